The molecule has 1 aliphatic carbocycles. The van der Waals surface area contributed by atoms with Crippen molar-refractivity contribution in [1.29, 1.82) is 0 Å². The summed E-state index contributed by atoms with van der Waals surface area (Å²) in [5.41, 5.74) is 13.8. The van der Waals surface area contributed by atoms with Crippen LogP contribution in [0.5, 0.6) is 5.75 Å². The van der Waals surface area contributed by atoms with E-state index in [9.17, 15) is 0 Å². The zero-order valence-corrected chi connectivity index (χ0v) is 16.7. The van der Waals surface area contributed by atoms with E-state index < -0.39 is 0 Å². The average Bonchev–Trinajstić information content (AvgIpc) is 3.13. The molecule has 1 fully saturated rings. The Bertz CT molecular complexity index is 1160. The lowest BCUT2D eigenvalue weighted by Crippen LogP contribution is -2.31. The summed E-state index contributed by atoms with van der Waals surface area (Å²) in [6.07, 6.45) is 5.74. The number of hydrogen-bond acceptors (Lipinski definition) is 5. The molecular formula is C23H22ClN3O2. The van der Waals surface area contributed by atoms with Gasteiger partial charge < -0.3 is 20.6 Å². The van der Waals surface area contributed by atoms with Gasteiger partial charge in [0.1, 0.15) is 22.9 Å². The van der Waals surface area contributed by atoms with Crippen LogP contribution in [0.25, 0.3) is 33.1 Å². The van der Waals surface area contributed by atoms with Crippen molar-refractivity contribution in [3.63, 3.8) is 0 Å². The zero-order chi connectivity index (χ0) is 20.0. The number of benzene rings is 2. The SMILES string of the molecule is Nc1ncc(-c2cc3ccccc3o2)c2cc(O[C@H]3CC[C@H](N)CC3)cc(Cl)c12. The largest absolute Gasteiger partial charge is 0.490 e. The van der Waals surface area contributed by atoms with E-state index in [1.165, 1.54) is 0 Å². The fraction of sp³-hybridized carbons (Fsp3) is 0.261. The number of pyridine rings is 1. The highest BCUT2D eigenvalue weighted by Gasteiger charge is 2.21. The lowest BCUT2D eigenvalue weighted by molar-refractivity contribution is 0.147. The minimum absolute atomic E-state index is 0.150. The number of ether oxygens (including phenoxy) is 1. The number of nitrogens with two attached hydrogens (primary N) is 2. The molecule has 148 valence electrons. The molecule has 29 heavy (non-hydrogen) atoms. The van der Waals surface area contributed by atoms with Crippen LogP contribution < -0.4 is 16.2 Å². The highest BCUT2D eigenvalue weighted by Crippen LogP contribution is 2.40. The maximum atomic E-state index is 6.60. The monoisotopic (exact) mass is 407 g/mol. The average molecular weight is 408 g/mol. The van der Waals surface area contributed by atoms with Crippen LogP contribution in [0.2, 0.25) is 5.02 Å². The summed E-state index contributed by atoms with van der Waals surface area (Å²) >= 11 is 6.60. The number of para-hydroxylation sites is 1. The van der Waals surface area contributed by atoms with Crippen molar-refractivity contribution in [3.8, 4) is 17.1 Å². The Balaban J connectivity index is 1.60. The Morgan fingerprint density at radius 2 is 1.86 bits per heavy atom. The maximum absolute atomic E-state index is 6.60. The molecule has 4 N–H and O–H groups in total. The molecule has 0 bridgehead atoms. The molecule has 5 rings (SSSR count). The number of fused-ring (bicyclic) bond motifs is 2. The van der Waals surface area contributed by atoms with E-state index in [-0.39, 0.29) is 12.1 Å². The summed E-state index contributed by atoms with van der Waals surface area (Å²) < 4.78 is 12.3. The Kier molecular flexibility index (Phi) is 4.57. The summed E-state index contributed by atoms with van der Waals surface area (Å²) in [6.45, 7) is 0. The van der Waals surface area contributed by atoms with Crippen LogP contribution in [0.3, 0.4) is 0 Å². The molecule has 6 heteroatoms. The van der Waals surface area contributed by atoms with Gasteiger partial charge in [-0.05, 0) is 49.9 Å². The number of nitrogen functional groups attached to an aromatic ring is 1. The zero-order valence-electron chi connectivity index (χ0n) is 15.9. The maximum Gasteiger partial charge on any atom is 0.137 e. The molecule has 0 aliphatic heterocycles. The van der Waals surface area contributed by atoms with E-state index in [1.54, 1.807) is 6.20 Å². The van der Waals surface area contributed by atoms with Gasteiger partial charge in [-0.15, -0.1) is 0 Å². The van der Waals surface area contributed by atoms with Crippen molar-refractivity contribution in [2.24, 2.45) is 5.73 Å². The van der Waals surface area contributed by atoms with Gasteiger partial charge in [0.25, 0.3) is 0 Å². The van der Waals surface area contributed by atoms with Gasteiger partial charge in [0.05, 0.1) is 11.1 Å². The molecule has 0 spiro atoms. The van der Waals surface area contributed by atoms with Gasteiger partial charge in [0, 0.05) is 34.0 Å². The van der Waals surface area contributed by atoms with Crippen LogP contribution in [0.4, 0.5) is 5.82 Å². The van der Waals surface area contributed by atoms with Crippen molar-refractivity contribution in [1.82, 2.24) is 4.98 Å². The molecule has 4 aromatic rings. The smallest absolute Gasteiger partial charge is 0.137 e. The Hall–Kier alpha value is -2.76. The third-order valence-electron chi connectivity index (χ3n) is 5.66. The first-order valence-electron chi connectivity index (χ1n) is 9.87. The van der Waals surface area contributed by atoms with Crippen molar-refractivity contribution < 1.29 is 9.15 Å². The molecule has 2 aromatic heterocycles. The molecule has 2 heterocycles. The molecular weight excluding hydrogens is 386 g/mol. The Labute approximate surface area is 173 Å². The summed E-state index contributed by atoms with van der Waals surface area (Å²) in [7, 11) is 0. The molecule has 0 saturated heterocycles. The molecule has 2 aromatic carbocycles. The van der Waals surface area contributed by atoms with E-state index in [1.807, 2.05) is 42.5 Å². The molecule has 0 radical (unpaired) electrons. The summed E-state index contributed by atoms with van der Waals surface area (Å²) in [6, 6.07) is 14.0. The molecule has 0 unspecified atom stereocenters. The first kappa shape index (κ1) is 18.3. The van der Waals surface area contributed by atoms with Gasteiger partial charge in [-0.1, -0.05) is 29.8 Å². The number of nitrogens with zero attached hydrogens (tertiary/aromatic N) is 1. The predicted molar refractivity (Wildman–Crippen MR) is 117 cm³/mol. The van der Waals surface area contributed by atoms with E-state index in [4.69, 9.17) is 32.2 Å². The van der Waals surface area contributed by atoms with Gasteiger partial charge in [-0.2, -0.15) is 0 Å². The molecule has 0 amide bonds. The second-order valence-electron chi connectivity index (χ2n) is 7.69. The number of furan rings is 1. The summed E-state index contributed by atoms with van der Waals surface area (Å²) in [4.78, 5) is 4.35. The Morgan fingerprint density at radius 3 is 2.66 bits per heavy atom. The molecule has 5 nitrogen and oxygen atoms in total. The lowest BCUT2D eigenvalue weighted by Gasteiger charge is -2.27. The fourth-order valence-corrected chi connectivity index (χ4v) is 4.41. The van der Waals surface area contributed by atoms with Gasteiger partial charge in [0.15, 0.2) is 0 Å². The first-order chi connectivity index (χ1) is 14.1. The quantitative estimate of drug-likeness (QED) is 0.466. The van der Waals surface area contributed by atoms with Gasteiger partial charge >= 0.3 is 0 Å². The minimum atomic E-state index is 0.150. The highest BCUT2D eigenvalue weighted by molar-refractivity contribution is 6.37. The molecule has 1 saturated carbocycles. The second-order valence-corrected chi connectivity index (χ2v) is 8.10. The van der Waals surface area contributed by atoms with Crippen LogP contribution in [0.15, 0.2) is 53.1 Å². The van der Waals surface area contributed by atoms with Crippen LogP contribution in [-0.4, -0.2) is 17.1 Å². The third-order valence-corrected chi connectivity index (χ3v) is 5.95. The predicted octanol–water partition coefficient (Wildman–Crippen LogP) is 5.53. The van der Waals surface area contributed by atoms with Crippen molar-refractivity contribution in [2.75, 3.05) is 5.73 Å². The second kappa shape index (κ2) is 7.25. The van der Waals surface area contributed by atoms with Crippen LogP contribution in [-0.2, 0) is 0 Å². The van der Waals surface area contributed by atoms with Gasteiger partial charge in [-0.3, -0.25) is 0 Å². The molecule has 0 atom stereocenters. The normalized spacial score (nSPS) is 19.7. The van der Waals surface area contributed by atoms with Crippen molar-refractivity contribution in [2.45, 2.75) is 37.8 Å². The fourth-order valence-electron chi connectivity index (χ4n) is 4.10. The van der Waals surface area contributed by atoms with Crippen LogP contribution in [0, 0.1) is 0 Å². The van der Waals surface area contributed by atoms with E-state index in [0.717, 1.165) is 59.1 Å². The Morgan fingerprint density at radius 1 is 1.07 bits per heavy atom. The minimum Gasteiger partial charge on any atom is -0.490 e. The number of aromatic nitrogens is 1. The van der Waals surface area contributed by atoms with Gasteiger partial charge in [0.2, 0.25) is 0 Å². The van der Waals surface area contributed by atoms with Crippen LogP contribution in [0.1, 0.15) is 25.7 Å². The topological polar surface area (TPSA) is 87.3 Å². The molecule has 1 aliphatic rings. The first-order valence-corrected chi connectivity index (χ1v) is 10.2. The number of anilines is 1. The van der Waals surface area contributed by atoms with E-state index in [2.05, 4.69) is 4.98 Å². The van der Waals surface area contributed by atoms with Crippen LogP contribution >= 0.6 is 11.6 Å². The lowest BCUT2D eigenvalue weighted by atomic mass is 9.93. The standard InChI is InChI=1S/C23H22ClN3O2/c24-19-11-16(28-15-7-5-14(25)6-8-15)10-17-18(12-27-23(26)22(17)19)21-9-13-3-1-2-4-20(13)29-21/h1-4,9-12,14-15H,5-8,25H2,(H2,26,27)/t14-,15-. The summed E-state index contributed by atoms with van der Waals surface area (Å²) in [5.74, 6) is 1.84. The summed E-state index contributed by atoms with van der Waals surface area (Å²) in [5, 5.41) is 3.13. The van der Waals surface area contributed by atoms with Crippen molar-refractivity contribution >= 4 is 39.2 Å². The number of halogens is 1. The number of rotatable bonds is 3. The van der Waals surface area contributed by atoms with Crippen molar-refractivity contribution in [3.05, 3.63) is 53.7 Å². The third kappa shape index (κ3) is 3.41. The van der Waals surface area contributed by atoms with E-state index in [0.29, 0.717) is 16.2 Å². The van der Waals surface area contributed by atoms with Gasteiger partial charge in [-0.25, -0.2) is 4.98 Å². The highest BCUT2D eigenvalue weighted by atomic mass is 35.5. The number of hydrogen-bond donors (Lipinski definition) is 2. The van der Waals surface area contributed by atoms with E-state index >= 15 is 0 Å².